The van der Waals surface area contributed by atoms with Crippen molar-refractivity contribution in [3.63, 3.8) is 0 Å². The number of rotatable bonds is 3. The molecule has 0 radical (unpaired) electrons. The molecular weight excluding hydrogens is 314 g/mol. The highest BCUT2D eigenvalue weighted by atomic mass is 16.5. The minimum absolute atomic E-state index is 0.00568. The molecular formula is C19H25N5O. The van der Waals surface area contributed by atoms with E-state index in [2.05, 4.69) is 38.9 Å². The molecule has 4 aliphatic rings. The Morgan fingerprint density at radius 2 is 2.16 bits per heavy atom. The van der Waals surface area contributed by atoms with E-state index in [4.69, 9.17) is 9.72 Å². The lowest BCUT2D eigenvalue weighted by molar-refractivity contribution is 0.0846. The highest BCUT2D eigenvalue weighted by molar-refractivity contribution is 5.25. The molecule has 0 bridgehead atoms. The molecule has 4 heterocycles. The monoisotopic (exact) mass is 339 g/mol. The van der Waals surface area contributed by atoms with Crippen LogP contribution < -0.4 is 10.7 Å². The zero-order valence-electron chi connectivity index (χ0n) is 14.4. The number of hydrogen-bond donors (Lipinski definition) is 2. The summed E-state index contributed by atoms with van der Waals surface area (Å²) in [5, 5.41) is 5.50. The van der Waals surface area contributed by atoms with Gasteiger partial charge in [-0.3, -0.25) is 9.88 Å². The van der Waals surface area contributed by atoms with Gasteiger partial charge in [-0.25, -0.2) is 5.43 Å². The van der Waals surface area contributed by atoms with Crippen LogP contribution in [0.4, 0.5) is 0 Å². The smallest absolute Gasteiger partial charge is 0.189 e. The van der Waals surface area contributed by atoms with Crippen LogP contribution in [-0.4, -0.2) is 46.8 Å². The molecule has 2 atom stereocenters. The minimum Gasteiger partial charge on any atom is -0.475 e. The number of aryl methyl sites for hydroxylation is 2. The predicted octanol–water partition coefficient (Wildman–Crippen LogP) is 1.27. The highest BCUT2D eigenvalue weighted by Crippen LogP contribution is 2.23. The summed E-state index contributed by atoms with van der Waals surface area (Å²) < 4.78 is 5.57. The lowest BCUT2D eigenvalue weighted by atomic mass is 9.96. The van der Waals surface area contributed by atoms with Crippen LogP contribution in [0, 0.1) is 0 Å². The van der Waals surface area contributed by atoms with E-state index in [1.807, 2.05) is 6.20 Å². The Morgan fingerprint density at radius 1 is 1.20 bits per heavy atom. The first kappa shape index (κ1) is 15.2. The molecule has 1 aromatic rings. The molecule has 3 aliphatic heterocycles. The molecule has 1 fully saturated rings. The zero-order valence-corrected chi connectivity index (χ0v) is 14.4. The second kappa shape index (κ2) is 6.35. The molecule has 6 nitrogen and oxygen atoms in total. The SMILES string of the molecule is C1=COC(C2C=C3CN(Cc4ccc5c(n4)CCCC5)CCN3N2)N1. The van der Waals surface area contributed by atoms with Gasteiger partial charge in [0.05, 0.1) is 5.69 Å². The van der Waals surface area contributed by atoms with Crippen molar-refractivity contribution in [1.29, 1.82) is 0 Å². The van der Waals surface area contributed by atoms with Gasteiger partial charge < -0.3 is 15.1 Å². The Labute approximate surface area is 148 Å². The van der Waals surface area contributed by atoms with E-state index in [9.17, 15) is 0 Å². The Bertz CT molecular complexity index is 708. The number of hydrazine groups is 1. The van der Waals surface area contributed by atoms with Crippen molar-refractivity contribution in [1.82, 2.24) is 25.6 Å². The van der Waals surface area contributed by atoms with E-state index in [1.54, 1.807) is 6.26 Å². The second-order valence-corrected chi connectivity index (χ2v) is 7.32. The summed E-state index contributed by atoms with van der Waals surface area (Å²) in [6.07, 6.45) is 10.8. The molecule has 1 aliphatic carbocycles. The number of nitrogens with zero attached hydrogens (tertiary/aromatic N) is 3. The summed E-state index contributed by atoms with van der Waals surface area (Å²) in [6, 6.07) is 4.71. The van der Waals surface area contributed by atoms with E-state index < -0.39 is 0 Å². The van der Waals surface area contributed by atoms with Crippen LogP contribution in [-0.2, 0) is 24.1 Å². The molecule has 25 heavy (non-hydrogen) atoms. The molecule has 1 aromatic heterocycles. The molecule has 132 valence electrons. The topological polar surface area (TPSA) is 52.7 Å². The lowest BCUT2D eigenvalue weighted by Gasteiger charge is -2.35. The summed E-state index contributed by atoms with van der Waals surface area (Å²) in [4.78, 5) is 7.43. The fourth-order valence-electron chi connectivity index (χ4n) is 4.21. The Hall–Kier alpha value is -2.05. The maximum absolute atomic E-state index is 5.57. The van der Waals surface area contributed by atoms with Gasteiger partial charge >= 0.3 is 0 Å². The van der Waals surface area contributed by atoms with Gasteiger partial charge in [-0.2, -0.15) is 0 Å². The van der Waals surface area contributed by atoms with Crippen LogP contribution in [0.15, 0.2) is 36.4 Å². The van der Waals surface area contributed by atoms with Gasteiger partial charge in [-0.15, -0.1) is 0 Å². The van der Waals surface area contributed by atoms with Gasteiger partial charge in [-0.05, 0) is 43.4 Å². The lowest BCUT2D eigenvalue weighted by Crippen LogP contribution is -2.51. The van der Waals surface area contributed by atoms with Crippen LogP contribution >= 0.6 is 0 Å². The quantitative estimate of drug-likeness (QED) is 0.865. The molecule has 0 spiro atoms. The molecule has 2 N–H and O–H groups in total. The van der Waals surface area contributed by atoms with Crippen molar-refractivity contribution in [2.45, 2.75) is 44.5 Å². The summed E-state index contributed by atoms with van der Waals surface area (Å²) >= 11 is 0. The van der Waals surface area contributed by atoms with Crippen molar-refractivity contribution in [3.8, 4) is 0 Å². The van der Waals surface area contributed by atoms with Crippen molar-refractivity contribution in [2.75, 3.05) is 19.6 Å². The largest absolute Gasteiger partial charge is 0.475 e. The van der Waals surface area contributed by atoms with Gasteiger partial charge in [0.15, 0.2) is 6.23 Å². The van der Waals surface area contributed by atoms with Crippen LogP contribution in [0.2, 0.25) is 0 Å². The number of piperazine rings is 1. The average Bonchev–Trinajstić information content (AvgIpc) is 3.30. The fraction of sp³-hybridized carbons (Fsp3) is 0.526. The highest BCUT2D eigenvalue weighted by Gasteiger charge is 2.33. The van der Waals surface area contributed by atoms with Gasteiger partial charge in [0.1, 0.15) is 12.3 Å². The third-order valence-electron chi connectivity index (χ3n) is 5.55. The first-order chi connectivity index (χ1) is 12.3. The van der Waals surface area contributed by atoms with Crippen LogP contribution in [0.5, 0.6) is 0 Å². The Morgan fingerprint density at radius 3 is 3.08 bits per heavy atom. The van der Waals surface area contributed by atoms with Gasteiger partial charge in [-0.1, -0.05) is 6.07 Å². The number of hydrogen-bond acceptors (Lipinski definition) is 6. The van der Waals surface area contributed by atoms with Gasteiger partial charge in [0.25, 0.3) is 0 Å². The summed E-state index contributed by atoms with van der Waals surface area (Å²) in [5.74, 6) is 0. The first-order valence-corrected chi connectivity index (χ1v) is 9.36. The number of ether oxygens (including phenoxy) is 1. The van der Waals surface area contributed by atoms with E-state index in [0.717, 1.165) is 32.6 Å². The molecule has 2 unspecified atom stereocenters. The maximum atomic E-state index is 5.57. The van der Waals surface area contributed by atoms with Crippen LogP contribution in [0.3, 0.4) is 0 Å². The Kier molecular flexibility index (Phi) is 3.87. The number of aromatic nitrogens is 1. The number of pyridine rings is 1. The number of nitrogens with one attached hydrogen (secondary N) is 2. The number of fused-ring (bicyclic) bond motifs is 2. The molecule has 0 aromatic carbocycles. The van der Waals surface area contributed by atoms with Gasteiger partial charge in [0.2, 0.25) is 0 Å². The van der Waals surface area contributed by atoms with Crippen molar-refractivity contribution in [2.24, 2.45) is 0 Å². The van der Waals surface area contributed by atoms with E-state index >= 15 is 0 Å². The van der Waals surface area contributed by atoms with Crippen molar-refractivity contribution < 1.29 is 4.74 Å². The first-order valence-electron chi connectivity index (χ1n) is 9.36. The molecule has 0 saturated carbocycles. The van der Waals surface area contributed by atoms with Crippen molar-refractivity contribution >= 4 is 0 Å². The standard InChI is InChI=1S/C19H25N5O/c1-2-4-17-14(3-1)5-6-15(21-17)12-23-8-9-24-16(13-23)11-18(22-24)19-20-7-10-25-19/h5-7,10-11,18-20,22H,1-4,8-9,12-13H2. The van der Waals surface area contributed by atoms with E-state index in [-0.39, 0.29) is 12.3 Å². The van der Waals surface area contributed by atoms with Gasteiger partial charge in [0, 0.05) is 43.8 Å². The molecule has 5 rings (SSSR count). The van der Waals surface area contributed by atoms with E-state index in [0.29, 0.717) is 0 Å². The molecule has 0 amide bonds. The summed E-state index contributed by atoms with van der Waals surface area (Å²) in [7, 11) is 0. The fourth-order valence-corrected chi connectivity index (χ4v) is 4.21. The summed E-state index contributed by atoms with van der Waals surface area (Å²) in [5.41, 5.74) is 8.88. The molecule has 6 heteroatoms. The van der Waals surface area contributed by atoms with Crippen LogP contribution in [0.25, 0.3) is 0 Å². The predicted molar refractivity (Wildman–Crippen MR) is 95.0 cm³/mol. The summed E-state index contributed by atoms with van der Waals surface area (Å²) in [6.45, 7) is 3.94. The maximum Gasteiger partial charge on any atom is 0.189 e. The third-order valence-corrected chi connectivity index (χ3v) is 5.55. The minimum atomic E-state index is -0.00568. The second-order valence-electron chi connectivity index (χ2n) is 7.32. The molecule has 1 saturated heterocycles. The van der Waals surface area contributed by atoms with Crippen LogP contribution in [0.1, 0.15) is 29.8 Å². The van der Waals surface area contributed by atoms with Crippen molar-refractivity contribution in [3.05, 3.63) is 53.3 Å². The zero-order chi connectivity index (χ0) is 16.6. The normalized spacial score (nSPS) is 28.2. The van der Waals surface area contributed by atoms with E-state index in [1.165, 1.54) is 41.9 Å². The Balaban J connectivity index is 1.25. The third kappa shape index (κ3) is 3.00. The average molecular weight is 339 g/mol.